The van der Waals surface area contributed by atoms with Crippen molar-refractivity contribution < 1.29 is 50.5 Å². The average Bonchev–Trinajstić information content (AvgIpc) is 3.19. The molecule has 1 atom stereocenters. The van der Waals surface area contributed by atoms with Crippen molar-refractivity contribution in [2.24, 2.45) is 0 Å². The number of alkyl halides is 6. The Hall–Kier alpha value is -4.19. The highest BCUT2D eigenvalue weighted by molar-refractivity contribution is 6.30. The topological polar surface area (TPSA) is 77.8 Å². The molecule has 0 aliphatic carbocycles. The zero-order valence-corrected chi connectivity index (χ0v) is 22.7. The smallest absolute Gasteiger partial charge is 0.476 e. The Morgan fingerprint density at radius 3 is 2.12 bits per heavy atom. The molecule has 222 valence electrons. The van der Waals surface area contributed by atoms with Crippen molar-refractivity contribution in [3.8, 4) is 11.5 Å². The van der Waals surface area contributed by atoms with Gasteiger partial charge in [-0.3, -0.25) is 4.79 Å². The molecule has 0 radical (unpaired) electrons. The average molecular weight is 614 g/mol. The fraction of sp³-hybridized carbons (Fsp3) is 0.241. The molecule has 1 heterocycles. The minimum Gasteiger partial charge on any atom is -0.476 e. The number of nitrogens with zero attached hydrogens (tertiary/aromatic N) is 1. The van der Waals surface area contributed by atoms with E-state index in [0.717, 1.165) is 24.3 Å². The third kappa shape index (κ3) is 6.18. The first-order valence-corrected chi connectivity index (χ1v) is 12.7. The van der Waals surface area contributed by atoms with Gasteiger partial charge in [-0.05, 0) is 60.5 Å². The Bertz CT molecular complexity index is 1650. The number of hydrogen-bond donors (Lipinski definition) is 1. The molecule has 1 aromatic heterocycles. The number of carboxylic acids is 1. The second-order valence-electron chi connectivity index (χ2n) is 9.36. The van der Waals surface area contributed by atoms with Gasteiger partial charge in [0.2, 0.25) is 0 Å². The van der Waals surface area contributed by atoms with Crippen molar-refractivity contribution in [1.82, 2.24) is 4.57 Å². The number of aliphatic carboxylic acids is 1. The fourth-order valence-electron chi connectivity index (χ4n) is 4.50. The molecular weight excluding hydrogens is 592 g/mol. The molecule has 4 rings (SSSR count). The third-order valence-corrected chi connectivity index (χ3v) is 6.63. The maximum atomic E-state index is 14.7. The Labute approximate surface area is 240 Å². The summed E-state index contributed by atoms with van der Waals surface area (Å²) in [4.78, 5) is 24.9. The van der Waals surface area contributed by atoms with E-state index in [2.05, 4.69) is 9.47 Å². The van der Waals surface area contributed by atoms with Gasteiger partial charge < -0.3 is 19.1 Å². The lowest BCUT2D eigenvalue weighted by Gasteiger charge is -2.27. The summed E-state index contributed by atoms with van der Waals surface area (Å²) in [5, 5.41) is 9.78. The van der Waals surface area contributed by atoms with Crippen LogP contribution in [0, 0.1) is 0 Å². The lowest BCUT2D eigenvalue weighted by molar-refractivity contribution is -0.274. The molecule has 0 aliphatic heterocycles. The fourth-order valence-corrected chi connectivity index (χ4v) is 4.63. The maximum absolute atomic E-state index is 14.7. The number of benzene rings is 3. The molecule has 0 unspecified atom stereocenters. The van der Waals surface area contributed by atoms with Crippen molar-refractivity contribution in [2.45, 2.75) is 45.0 Å². The predicted octanol–water partition coefficient (Wildman–Crippen LogP) is 7.82. The van der Waals surface area contributed by atoms with Gasteiger partial charge in [-0.15, -0.1) is 13.2 Å². The number of ketones is 1. The quantitative estimate of drug-likeness (QED) is 0.146. The molecule has 0 saturated heterocycles. The van der Waals surface area contributed by atoms with Crippen molar-refractivity contribution in [3.05, 3.63) is 94.1 Å². The standard InChI is InChI=1S/C29H22ClF6NO5/c1-3-22-24(25(38)17-7-9-18(30)10-8-17)21-12-11-20(42-29(34,35)36)14-23(21)37(22)15-16-5-4-6-19(13-16)41-28(33,26(39)40)27(2,31)32/h4-14H,3,15H2,1-2H3,(H,39,40)/t28-/m1/s1. The monoisotopic (exact) mass is 613 g/mol. The Balaban J connectivity index is 1.85. The Kier molecular flexibility index (Phi) is 8.23. The van der Waals surface area contributed by atoms with Gasteiger partial charge in [-0.2, -0.15) is 13.2 Å². The molecule has 6 nitrogen and oxygen atoms in total. The van der Waals surface area contributed by atoms with Crippen LogP contribution in [0.15, 0.2) is 66.7 Å². The Morgan fingerprint density at radius 2 is 1.55 bits per heavy atom. The minimum atomic E-state index is -4.99. The summed E-state index contributed by atoms with van der Waals surface area (Å²) >= 11 is 5.95. The van der Waals surface area contributed by atoms with E-state index in [0.29, 0.717) is 16.1 Å². The molecule has 3 aromatic carbocycles. The van der Waals surface area contributed by atoms with Crippen LogP contribution in [0.25, 0.3) is 10.9 Å². The summed E-state index contributed by atoms with van der Waals surface area (Å²) < 4.78 is 91.6. The summed E-state index contributed by atoms with van der Waals surface area (Å²) in [5.74, 6) is -12.8. The minimum absolute atomic E-state index is 0.0598. The van der Waals surface area contributed by atoms with E-state index in [1.807, 2.05) is 0 Å². The van der Waals surface area contributed by atoms with E-state index in [1.54, 1.807) is 6.92 Å². The van der Waals surface area contributed by atoms with Gasteiger partial charge >= 0.3 is 24.1 Å². The predicted molar refractivity (Wildman–Crippen MR) is 141 cm³/mol. The highest BCUT2D eigenvalue weighted by Gasteiger charge is 2.61. The van der Waals surface area contributed by atoms with Crippen LogP contribution < -0.4 is 9.47 Å². The number of hydrogen-bond acceptors (Lipinski definition) is 4. The van der Waals surface area contributed by atoms with Gasteiger partial charge in [0.05, 0.1) is 11.1 Å². The first kappa shape index (κ1) is 30.8. The van der Waals surface area contributed by atoms with Crippen LogP contribution >= 0.6 is 11.6 Å². The molecule has 1 N–H and O–H groups in total. The molecule has 0 fully saturated rings. The highest BCUT2D eigenvalue weighted by Crippen LogP contribution is 2.37. The van der Waals surface area contributed by atoms with Gasteiger partial charge in [-0.1, -0.05) is 30.7 Å². The van der Waals surface area contributed by atoms with Crippen LogP contribution in [-0.4, -0.2) is 39.6 Å². The van der Waals surface area contributed by atoms with E-state index in [1.165, 1.54) is 47.0 Å². The van der Waals surface area contributed by atoms with Crippen molar-refractivity contribution >= 4 is 34.3 Å². The maximum Gasteiger partial charge on any atom is 0.573 e. The molecule has 0 spiro atoms. The lowest BCUT2D eigenvalue weighted by atomic mass is 9.99. The molecular formula is C29H22ClF6NO5. The number of carboxylic acid groups (broad SMARTS) is 1. The summed E-state index contributed by atoms with van der Waals surface area (Å²) in [7, 11) is 0. The number of halogens is 7. The molecule has 0 bridgehead atoms. The second kappa shape index (κ2) is 11.2. The first-order valence-electron chi connectivity index (χ1n) is 12.3. The SMILES string of the molecule is CCc1c(C(=O)c2ccc(Cl)cc2)c2ccc(OC(F)(F)F)cc2n1Cc1cccc(O[C@](F)(C(=O)O)C(C)(F)F)c1. The molecule has 42 heavy (non-hydrogen) atoms. The van der Waals surface area contributed by atoms with Crippen LogP contribution in [0.4, 0.5) is 26.3 Å². The zero-order chi connectivity index (χ0) is 31.0. The summed E-state index contributed by atoms with van der Waals surface area (Å²) in [5.41, 5.74) is 1.36. The highest BCUT2D eigenvalue weighted by atomic mass is 35.5. The van der Waals surface area contributed by atoms with Gasteiger partial charge in [-0.25, -0.2) is 4.79 Å². The van der Waals surface area contributed by atoms with Crippen LogP contribution in [0.3, 0.4) is 0 Å². The van der Waals surface area contributed by atoms with Crippen LogP contribution in [-0.2, 0) is 17.8 Å². The first-order chi connectivity index (χ1) is 19.5. The molecule has 0 aliphatic rings. The van der Waals surface area contributed by atoms with Crippen molar-refractivity contribution in [1.29, 1.82) is 0 Å². The molecule has 0 amide bonds. The van der Waals surface area contributed by atoms with Crippen LogP contribution in [0.1, 0.15) is 41.0 Å². The van der Waals surface area contributed by atoms with E-state index in [-0.39, 0.29) is 42.1 Å². The van der Waals surface area contributed by atoms with Gasteiger partial charge in [0.1, 0.15) is 11.5 Å². The lowest BCUT2D eigenvalue weighted by Crippen LogP contribution is -2.53. The number of carbonyl (C=O) groups excluding carboxylic acids is 1. The number of aromatic nitrogens is 1. The third-order valence-electron chi connectivity index (χ3n) is 6.38. The molecule has 0 saturated carbocycles. The van der Waals surface area contributed by atoms with E-state index >= 15 is 0 Å². The summed E-state index contributed by atoms with van der Waals surface area (Å²) in [6, 6.07) is 14.5. The molecule has 4 aromatic rings. The molecule has 13 heteroatoms. The van der Waals surface area contributed by atoms with Crippen LogP contribution in [0.2, 0.25) is 5.02 Å². The van der Waals surface area contributed by atoms with Gasteiger partial charge in [0.25, 0.3) is 0 Å². The summed E-state index contributed by atoms with van der Waals surface area (Å²) in [6.45, 7) is 1.64. The normalized spacial score (nSPS) is 13.5. The number of carbonyl (C=O) groups is 2. The Morgan fingerprint density at radius 1 is 0.905 bits per heavy atom. The second-order valence-corrected chi connectivity index (χ2v) is 9.80. The number of fused-ring (bicyclic) bond motifs is 1. The van der Waals surface area contributed by atoms with Gasteiger partial charge in [0, 0.05) is 41.2 Å². The largest absolute Gasteiger partial charge is 0.573 e. The van der Waals surface area contributed by atoms with Gasteiger partial charge in [0.15, 0.2) is 5.78 Å². The summed E-state index contributed by atoms with van der Waals surface area (Å²) in [6.07, 6.45) is -4.75. The van der Waals surface area contributed by atoms with Crippen molar-refractivity contribution in [2.75, 3.05) is 0 Å². The number of rotatable bonds is 10. The number of ether oxygens (including phenoxy) is 2. The van der Waals surface area contributed by atoms with Crippen molar-refractivity contribution in [3.63, 3.8) is 0 Å². The van der Waals surface area contributed by atoms with E-state index in [4.69, 9.17) is 16.7 Å². The van der Waals surface area contributed by atoms with E-state index < -0.39 is 41.4 Å². The van der Waals surface area contributed by atoms with E-state index in [9.17, 15) is 35.9 Å². The van der Waals surface area contributed by atoms with Crippen LogP contribution in [0.5, 0.6) is 11.5 Å². The zero-order valence-electron chi connectivity index (χ0n) is 21.9.